The van der Waals surface area contributed by atoms with E-state index in [-0.39, 0.29) is 24.1 Å². The summed E-state index contributed by atoms with van der Waals surface area (Å²) in [6, 6.07) is 5.11. The van der Waals surface area contributed by atoms with Crippen LogP contribution >= 0.6 is 28.3 Å². The lowest BCUT2D eigenvalue weighted by atomic mass is 9.93. The smallest absolute Gasteiger partial charge is 0.220 e. The minimum absolute atomic E-state index is 0. The summed E-state index contributed by atoms with van der Waals surface area (Å²) >= 11 is 3.25. The molecule has 0 radical (unpaired) electrons. The molecule has 0 bridgehead atoms. The molecule has 0 atom stereocenters. The van der Waals surface area contributed by atoms with Gasteiger partial charge >= 0.3 is 0 Å². The summed E-state index contributed by atoms with van der Waals surface area (Å²) in [5.41, 5.74) is 0.701. The number of piperidine rings is 1. The van der Waals surface area contributed by atoms with Crippen molar-refractivity contribution in [2.75, 3.05) is 19.6 Å². The Kier molecular flexibility index (Phi) is 9.75. The third-order valence-electron chi connectivity index (χ3n) is 4.20. The number of hydrogen-bond donors (Lipinski definition) is 2. The Morgan fingerprint density at radius 1 is 1.35 bits per heavy atom. The molecule has 1 fully saturated rings. The van der Waals surface area contributed by atoms with Gasteiger partial charge in [-0.05, 0) is 68.8 Å². The molecule has 0 aliphatic carbocycles. The van der Waals surface area contributed by atoms with E-state index in [9.17, 15) is 9.18 Å². The zero-order chi connectivity index (χ0) is 15.8. The van der Waals surface area contributed by atoms with Gasteiger partial charge < -0.3 is 10.6 Å². The van der Waals surface area contributed by atoms with Crippen LogP contribution in [0.3, 0.4) is 0 Å². The van der Waals surface area contributed by atoms with Crippen molar-refractivity contribution >= 4 is 34.2 Å². The van der Waals surface area contributed by atoms with Crippen LogP contribution < -0.4 is 10.6 Å². The first-order valence-electron chi connectivity index (χ1n) is 8.06. The van der Waals surface area contributed by atoms with Crippen molar-refractivity contribution in [3.63, 3.8) is 0 Å². The molecule has 1 saturated heterocycles. The van der Waals surface area contributed by atoms with Crippen LogP contribution in [-0.4, -0.2) is 25.5 Å². The number of rotatable bonds is 7. The molecule has 1 aliphatic heterocycles. The molecule has 2 rings (SSSR count). The second-order valence-electron chi connectivity index (χ2n) is 5.92. The van der Waals surface area contributed by atoms with Gasteiger partial charge in [0.15, 0.2) is 0 Å². The molecular weight excluding hydrogens is 383 g/mol. The van der Waals surface area contributed by atoms with Gasteiger partial charge in [-0.1, -0.05) is 22.0 Å². The number of nitrogens with one attached hydrogen (secondary N) is 2. The molecule has 0 aromatic heterocycles. The maximum atomic E-state index is 13.6. The minimum atomic E-state index is -0.188. The van der Waals surface area contributed by atoms with Crippen molar-refractivity contribution in [2.24, 2.45) is 5.92 Å². The van der Waals surface area contributed by atoms with Gasteiger partial charge in [-0.15, -0.1) is 12.4 Å². The first-order valence-corrected chi connectivity index (χ1v) is 8.86. The van der Waals surface area contributed by atoms with Crippen LogP contribution in [0.5, 0.6) is 0 Å². The number of amides is 1. The molecule has 1 aliphatic rings. The van der Waals surface area contributed by atoms with Crippen molar-refractivity contribution in [1.29, 1.82) is 0 Å². The SMILES string of the molecule is Cl.O=C(CCC1CCNCC1)NCCCc1ccc(Br)cc1F. The quantitative estimate of drug-likeness (QED) is 0.674. The van der Waals surface area contributed by atoms with Crippen LogP contribution in [0.1, 0.15) is 37.7 Å². The molecule has 3 nitrogen and oxygen atoms in total. The first-order chi connectivity index (χ1) is 10.6. The number of aryl methyl sites for hydroxylation is 1. The standard InChI is InChI=1S/C17H24BrFN2O.ClH/c18-15-5-4-14(16(19)12-15)2-1-9-21-17(22)6-3-13-7-10-20-11-8-13;/h4-5,12-13,20H,1-3,6-11H2,(H,21,22);1H. The predicted octanol–water partition coefficient (Wildman–Crippen LogP) is 3.84. The fraction of sp³-hybridized carbons (Fsp3) is 0.588. The third-order valence-corrected chi connectivity index (χ3v) is 4.69. The molecule has 0 saturated carbocycles. The van der Waals surface area contributed by atoms with Gasteiger partial charge in [0, 0.05) is 17.4 Å². The van der Waals surface area contributed by atoms with Gasteiger partial charge in [0.2, 0.25) is 5.91 Å². The molecule has 0 spiro atoms. The van der Waals surface area contributed by atoms with Crippen LogP contribution in [0.2, 0.25) is 0 Å². The monoisotopic (exact) mass is 406 g/mol. The van der Waals surface area contributed by atoms with E-state index in [2.05, 4.69) is 26.6 Å². The van der Waals surface area contributed by atoms with Gasteiger partial charge in [0.1, 0.15) is 5.82 Å². The lowest BCUT2D eigenvalue weighted by molar-refractivity contribution is -0.121. The molecule has 1 heterocycles. The maximum absolute atomic E-state index is 13.6. The van der Waals surface area contributed by atoms with E-state index in [0.29, 0.717) is 30.9 Å². The molecule has 1 aromatic carbocycles. The molecular formula is C17H25BrClFN2O. The molecule has 2 N–H and O–H groups in total. The average molecular weight is 408 g/mol. The minimum Gasteiger partial charge on any atom is -0.356 e. The highest BCUT2D eigenvalue weighted by atomic mass is 79.9. The highest BCUT2D eigenvalue weighted by Crippen LogP contribution is 2.18. The van der Waals surface area contributed by atoms with E-state index >= 15 is 0 Å². The van der Waals surface area contributed by atoms with Crippen molar-refractivity contribution in [3.05, 3.63) is 34.1 Å². The van der Waals surface area contributed by atoms with Crippen LogP contribution in [-0.2, 0) is 11.2 Å². The summed E-state index contributed by atoms with van der Waals surface area (Å²) in [4.78, 5) is 11.8. The Labute approximate surface area is 152 Å². The second-order valence-corrected chi connectivity index (χ2v) is 6.84. The molecule has 130 valence electrons. The summed E-state index contributed by atoms with van der Waals surface area (Å²) in [6.45, 7) is 2.76. The molecule has 6 heteroatoms. The predicted molar refractivity (Wildman–Crippen MR) is 97.5 cm³/mol. The van der Waals surface area contributed by atoms with Gasteiger partial charge in [-0.3, -0.25) is 4.79 Å². The van der Waals surface area contributed by atoms with Crippen molar-refractivity contribution in [1.82, 2.24) is 10.6 Å². The van der Waals surface area contributed by atoms with Crippen molar-refractivity contribution < 1.29 is 9.18 Å². The van der Waals surface area contributed by atoms with Crippen LogP contribution in [0.15, 0.2) is 22.7 Å². The molecule has 23 heavy (non-hydrogen) atoms. The highest BCUT2D eigenvalue weighted by molar-refractivity contribution is 9.10. The Morgan fingerprint density at radius 3 is 2.78 bits per heavy atom. The van der Waals surface area contributed by atoms with Crippen molar-refractivity contribution in [2.45, 2.75) is 38.5 Å². The Bertz CT molecular complexity index is 495. The average Bonchev–Trinajstić information content (AvgIpc) is 2.52. The van der Waals surface area contributed by atoms with E-state index in [1.165, 1.54) is 18.9 Å². The zero-order valence-corrected chi connectivity index (χ0v) is 15.6. The molecule has 0 unspecified atom stereocenters. The summed E-state index contributed by atoms with van der Waals surface area (Å²) in [5.74, 6) is 0.616. The lowest BCUT2D eigenvalue weighted by Gasteiger charge is -2.22. The van der Waals surface area contributed by atoms with Crippen molar-refractivity contribution in [3.8, 4) is 0 Å². The van der Waals surface area contributed by atoms with E-state index in [4.69, 9.17) is 0 Å². The van der Waals surface area contributed by atoms with E-state index in [0.717, 1.165) is 30.4 Å². The van der Waals surface area contributed by atoms with E-state index in [1.54, 1.807) is 6.07 Å². The Balaban J connectivity index is 0.00000264. The number of carbonyl (C=O) groups excluding carboxylic acids is 1. The van der Waals surface area contributed by atoms with E-state index < -0.39 is 0 Å². The maximum Gasteiger partial charge on any atom is 0.220 e. The van der Waals surface area contributed by atoms with Crippen LogP contribution in [0.4, 0.5) is 4.39 Å². The molecule has 1 amide bonds. The third kappa shape index (κ3) is 7.64. The van der Waals surface area contributed by atoms with Crippen LogP contribution in [0, 0.1) is 11.7 Å². The summed E-state index contributed by atoms with van der Waals surface area (Å²) in [6.07, 6.45) is 5.35. The Hall–Kier alpha value is -0.650. The second kappa shape index (κ2) is 11.0. The van der Waals surface area contributed by atoms with Crippen LogP contribution in [0.25, 0.3) is 0 Å². The van der Waals surface area contributed by atoms with Gasteiger partial charge in [-0.25, -0.2) is 4.39 Å². The normalized spacial score (nSPS) is 15.0. The van der Waals surface area contributed by atoms with Gasteiger partial charge in [0.05, 0.1) is 0 Å². The topological polar surface area (TPSA) is 41.1 Å². The fourth-order valence-electron chi connectivity index (χ4n) is 2.83. The number of halogens is 3. The fourth-order valence-corrected chi connectivity index (χ4v) is 3.16. The number of benzene rings is 1. The summed E-state index contributed by atoms with van der Waals surface area (Å²) in [7, 11) is 0. The molecule has 1 aromatic rings. The lowest BCUT2D eigenvalue weighted by Crippen LogP contribution is -2.29. The first kappa shape index (κ1) is 20.4. The largest absolute Gasteiger partial charge is 0.356 e. The van der Waals surface area contributed by atoms with Gasteiger partial charge in [-0.2, -0.15) is 0 Å². The summed E-state index contributed by atoms with van der Waals surface area (Å²) < 4.78 is 14.4. The Morgan fingerprint density at radius 2 is 2.09 bits per heavy atom. The summed E-state index contributed by atoms with van der Waals surface area (Å²) in [5, 5.41) is 6.27. The van der Waals surface area contributed by atoms with Gasteiger partial charge in [0.25, 0.3) is 0 Å². The number of hydrogen-bond acceptors (Lipinski definition) is 2. The number of carbonyl (C=O) groups is 1. The zero-order valence-electron chi connectivity index (χ0n) is 13.2. The van der Waals surface area contributed by atoms with E-state index in [1.807, 2.05) is 6.07 Å². The highest BCUT2D eigenvalue weighted by Gasteiger charge is 2.14.